The van der Waals surface area contributed by atoms with E-state index in [1.165, 1.54) is 6.07 Å². The fourth-order valence-electron chi connectivity index (χ4n) is 2.55. The Bertz CT molecular complexity index is 473. The third-order valence-electron chi connectivity index (χ3n) is 3.69. The number of halogens is 1. The summed E-state index contributed by atoms with van der Waals surface area (Å²) in [4.78, 5) is 11.3. The van der Waals surface area contributed by atoms with E-state index in [1.54, 1.807) is 0 Å². The molecule has 1 aromatic carbocycles. The molecule has 1 aliphatic rings. The maximum Gasteiger partial charge on any atom is 0.224 e. The molecule has 0 aliphatic carbocycles. The predicted octanol–water partition coefficient (Wildman–Crippen LogP) is 3.16. The molecular weight excluding hydrogens is 243 g/mol. The minimum atomic E-state index is -0.239. The number of benzene rings is 1. The second-order valence-electron chi connectivity index (χ2n) is 5.06. The van der Waals surface area contributed by atoms with Crippen LogP contribution in [0.25, 0.3) is 0 Å². The first-order valence-electron chi connectivity index (χ1n) is 6.95. The summed E-state index contributed by atoms with van der Waals surface area (Å²) < 4.78 is 14.2. The molecular formula is C15H21FN2O. The predicted molar refractivity (Wildman–Crippen MR) is 74.7 cm³/mol. The van der Waals surface area contributed by atoms with Crippen molar-refractivity contribution in [3.05, 3.63) is 29.1 Å². The lowest BCUT2D eigenvalue weighted by atomic mass is 9.94. The first kappa shape index (κ1) is 14.0. The standard InChI is InChI=1S/C15H21FN2O/c1-3-4-5-13(17-2)11-8-10-6-7-15(19)18-14(10)9-12(11)16/h8-9,13,17H,3-7H2,1-2H3,(H,18,19). The van der Waals surface area contributed by atoms with E-state index in [0.717, 1.165) is 24.8 Å². The number of aryl methyl sites for hydroxylation is 1. The summed E-state index contributed by atoms with van der Waals surface area (Å²) in [7, 11) is 1.86. The van der Waals surface area contributed by atoms with E-state index >= 15 is 0 Å². The highest BCUT2D eigenvalue weighted by atomic mass is 19.1. The van der Waals surface area contributed by atoms with Gasteiger partial charge in [0.05, 0.1) is 0 Å². The number of carbonyl (C=O) groups excluding carboxylic acids is 1. The van der Waals surface area contributed by atoms with Crippen LogP contribution in [0, 0.1) is 5.82 Å². The van der Waals surface area contributed by atoms with Gasteiger partial charge in [0.1, 0.15) is 5.82 Å². The van der Waals surface area contributed by atoms with Gasteiger partial charge < -0.3 is 10.6 Å². The van der Waals surface area contributed by atoms with Gasteiger partial charge in [-0.15, -0.1) is 0 Å². The second-order valence-corrected chi connectivity index (χ2v) is 5.06. The molecule has 1 aromatic rings. The van der Waals surface area contributed by atoms with Gasteiger partial charge in [-0.3, -0.25) is 4.79 Å². The summed E-state index contributed by atoms with van der Waals surface area (Å²) in [6.45, 7) is 2.13. The van der Waals surface area contributed by atoms with Gasteiger partial charge in [-0.05, 0) is 37.6 Å². The molecule has 3 nitrogen and oxygen atoms in total. The number of carbonyl (C=O) groups is 1. The largest absolute Gasteiger partial charge is 0.326 e. The fraction of sp³-hybridized carbons (Fsp3) is 0.533. The summed E-state index contributed by atoms with van der Waals surface area (Å²) in [6, 6.07) is 3.40. The minimum Gasteiger partial charge on any atom is -0.326 e. The van der Waals surface area contributed by atoms with Crippen LogP contribution in [0.15, 0.2) is 12.1 Å². The molecule has 104 valence electrons. The molecule has 1 aliphatic heterocycles. The van der Waals surface area contributed by atoms with Crippen molar-refractivity contribution in [1.82, 2.24) is 5.32 Å². The van der Waals surface area contributed by atoms with Crippen LogP contribution in [0.3, 0.4) is 0 Å². The normalized spacial score (nSPS) is 15.8. The molecule has 0 fully saturated rings. The molecule has 0 aromatic heterocycles. The number of nitrogens with one attached hydrogen (secondary N) is 2. The van der Waals surface area contributed by atoms with E-state index in [-0.39, 0.29) is 17.8 Å². The molecule has 4 heteroatoms. The number of amides is 1. The van der Waals surface area contributed by atoms with Crippen LogP contribution < -0.4 is 10.6 Å². The van der Waals surface area contributed by atoms with E-state index < -0.39 is 0 Å². The highest BCUT2D eigenvalue weighted by Gasteiger charge is 2.20. The Labute approximate surface area is 113 Å². The lowest BCUT2D eigenvalue weighted by Crippen LogP contribution is -2.22. The Kier molecular flexibility index (Phi) is 4.53. The summed E-state index contributed by atoms with van der Waals surface area (Å²) in [5, 5.41) is 5.91. The number of anilines is 1. The zero-order valence-electron chi connectivity index (χ0n) is 11.6. The molecule has 1 atom stereocenters. The fourth-order valence-corrected chi connectivity index (χ4v) is 2.55. The van der Waals surface area contributed by atoms with E-state index in [4.69, 9.17) is 0 Å². The van der Waals surface area contributed by atoms with E-state index in [9.17, 15) is 9.18 Å². The van der Waals surface area contributed by atoms with Gasteiger partial charge in [0.25, 0.3) is 0 Å². The Morgan fingerprint density at radius 3 is 2.89 bits per heavy atom. The molecule has 1 heterocycles. The van der Waals surface area contributed by atoms with Gasteiger partial charge in [0, 0.05) is 23.7 Å². The highest BCUT2D eigenvalue weighted by molar-refractivity contribution is 5.93. The third kappa shape index (κ3) is 3.13. The molecule has 0 bridgehead atoms. The quantitative estimate of drug-likeness (QED) is 0.857. The number of unbranched alkanes of at least 4 members (excludes halogenated alkanes) is 1. The Hall–Kier alpha value is -1.42. The van der Waals surface area contributed by atoms with E-state index in [2.05, 4.69) is 17.6 Å². The molecule has 0 spiro atoms. The van der Waals surface area contributed by atoms with Crippen LogP contribution in [-0.2, 0) is 11.2 Å². The van der Waals surface area contributed by atoms with Gasteiger partial charge >= 0.3 is 0 Å². The molecule has 0 saturated heterocycles. The van der Waals surface area contributed by atoms with Crippen LogP contribution in [0.1, 0.15) is 49.8 Å². The molecule has 2 N–H and O–H groups in total. The van der Waals surface area contributed by atoms with Crippen molar-refractivity contribution >= 4 is 11.6 Å². The maximum atomic E-state index is 14.2. The first-order chi connectivity index (χ1) is 9.15. The van der Waals surface area contributed by atoms with Crippen molar-refractivity contribution in [1.29, 1.82) is 0 Å². The van der Waals surface area contributed by atoms with E-state index in [0.29, 0.717) is 24.1 Å². The molecule has 2 rings (SSSR count). The van der Waals surface area contributed by atoms with Crippen molar-refractivity contribution in [3.8, 4) is 0 Å². The van der Waals surface area contributed by atoms with Gasteiger partial charge in [-0.2, -0.15) is 0 Å². The molecule has 1 amide bonds. The average Bonchev–Trinajstić information content (AvgIpc) is 2.40. The lowest BCUT2D eigenvalue weighted by Gasteiger charge is -2.22. The Morgan fingerprint density at radius 2 is 2.21 bits per heavy atom. The molecule has 0 saturated carbocycles. The molecule has 0 radical (unpaired) electrons. The van der Waals surface area contributed by atoms with Crippen LogP contribution >= 0.6 is 0 Å². The van der Waals surface area contributed by atoms with Crippen molar-refractivity contribution < 1.29 is 9.18 Å². The lowest BCUT2D eigenvalue weighted by molar-refractivity contribution is -0.116. The Balaban J connectivity index is 2.28. The van der Waals surface area contributed by atoms with Crippen LogP contribution in [-0.4, -0.2) is 13.0 Å². The first-order valence-corrected chi connectivity index (χ1v) is 6.95. The monoisotopic (exact) mass is 264 g/mol. The highest BCUT2D eigenvalue weighted by Crippen LogP contribution is 2.30. The van der Waals surface area contributed by atoms with Gasteiger partial charge in [0.2, 0.25) is 5.91 Å². The van der Waals surface area contributed by atoms with Crippen molar-refractivity contribution in [2.45, 2.75) is 45.1 Å². The second kappa shape index (κ2) is 6.15. The molecule has 19 heavy (non-hydrogen) atoms. The maximum absolute atomic E-state index is 14.2. The summed E-state index contributed by atoms with van der Waals surface area (Å²) in [5.74, 6) is -0.271. The third-order valence-corrected chi connectivity index (χ3v) is 3.69. The summed E-state index contributed by atoms with van der Waals surface area (Å²) in [6.07, 6.45) is 4.27. The number of fused-ring (bicyclic) bond motifs is 1. The summed E-state index contributed by atoms with van der Waals surface area (Å²) >= 11 is 0. The van der Waals surface area contributed by atoms with Gasteiger partial charge in [0.15, 0.2) is 0 Å². The minimum absolute atomic E-state index is 0.0317. The average molecular weight is 264 g/mol. The molecule has 1 unspecified atom stereocenters. The topological polar surface area (TPSA) is 41.1 Å². The number of rotatable bonds is 5. The Morgan fingerprint density at radius 1 is 1.42 bits per heavy atom. The zero-order chi connectivity index (χ0) is 13.8. The number of hydrogen-bond acceptors (Lipinski definition) is 2. The van der Waals surface area contributed by atoms with Crippen molar-refractivity contribution in [2.24, 2.45) is 0 Å². The smallest absolute Gasteiger partial charge is 0.224 e. The van der Waals surface area contributed by atoms with Crippen LogP contribution in [0.5, 0.6) is 0 Å². The SMILES string of the molecule is CCCCC(NC)c1cc2c(cc1F)NC(=O)CC2. The van der Waals surface area contributed by atoms with Crippen molar-refractivity contribution in [3.63, 3.8) is 0 Å². The van der Waals surface area contributed by atoms with Gasteiger partial charge in [-0.1, -0.05) is 19.8 Å². The zero-order valence-corrected chi connectivity index (χ0v) is 11.6. The van der Waals surface area contributed by atoms with Crippen LogP contribution in [0.2, 0.25) is 0 Å². The van der Waals surface area contributed by atoms with Gasteiger partial charge in [-0.25, -0.2) is 4.39 Å². The van der Waals surface area contributed by atoms with Crippen molar-refractivity contribution in [2.75, 3.05) is 12.4 Å². The summed E-state index contributed by atoms with van der Waals surface area (Å²) in [5.41, 5.74) is 2.38. The number of hydrogen-bond donors (Lipinski definition) is 2. The van der Waals surface area contributed by atoms with E-state index in [1.807, 2.05) is 13.1 Å². The van der Waals surface area contributed by atoms with Crippen LogP contribution in [0.4, 0.5) is 10.1 Å².